The molecule has 10 heteroatoms. The molecule has 0 radical (unpaired) electrons. The van der Waals surface area contributed by atoms with Gasteiger partial charge in [-0.15, -0.1) is 0 Å². The van der Waals surface area contributed by atoms with E-state index in [1.165, 1.54) is 12.0 Å². The summed E-state index contributed by atoms with van der Waals surface area (Å²) in [6, 6.07) is 15.0. The van der Waals surface area contributed by atoms with Gasteiger partial charge in [-0.1, -0.05) is 32.0 Å². The zero-order chi connectivity index (χ0) is 32.5. The normalized spacial score (nSPS) is 23.2. The molecule has 10 nitrogen and oxygen atoms in total. The molecule has 1 spiro atoms. The number of piperidine rings is 1. The number of carbonyl (C=O) groups is 2. The van der Waals surface area contributed by atoms with Crippen LogP contribution < -0.4 is 20.9 Å². The van der Waals surface area contributed by atoms with Gasteiger partial charge >= 0.3 is 0 Å². The summed E-state index contributed by atoms with van der Waals surface area (Å²) in [4.78, 5) is 44.7. The minimum atomic E-state index is -0.457. The second-order valence-electron chi connectivity index (χ2n) is 14.8. The van der Waals surface area contributed by atoms with E-state index in [0.717, 1.165) is 85.6 Å². The number of H-pyrrole nitrogens is 1. The SMILES string of the molecule is CNC(=O)c1cc(Nc2nc(-c3ccc4c(c3)N(C3CC(N5CCC(C)(C)C5)C3)C(=O)C43CCNCC3)cc3[nH]cnc23)ccc1C. The molecule has 2 saturated heterocycles. The first-order valence-corrected chi connectivity index (χ1v) is 17.0. The number of anilines is 3. The minimum absolute atomic E-state index is 0.136. The molecule has 1 aliphatic carbocycles. The third-order valence-corrected chi connectivity index (χ3v) is 11.2. The summed E-state index contributed by atoms with van der Waals surface area (Å²) >= 11 is 0. The lowest BCUT2D eigenvalue weighted by molar-refractivity contribution is -0.125. The molecular formula is C37H44N8O2. The van der Waals surface area contributed by atoms with Crippen LogP contribution in [0.2, 0.25) is 0 Å². The van der Waals surface area contributed by atoms with Crippen LogP contribution in [0.5, 0.6) is 0 Å². The Morgan fingerprint density at radius 2 is 1.83 bits per heavy atom. The molecule has 4 N–H and O–H groups in total. The number of likely N-dealkylation sites (tertiary alicyclic amines) is 1. The molecule has 244 valence electrons. The van der Waals surface area contributed by atoms with Crippen molar-refractivity contribution in [3.8, 4) is 11.3 Å². The van der Waals surface area contributed by atoms with Crippen molar-refractivity contribution in [1.29, 1.82) is 0 Å². The van der Waals surface area contributed by atoms with Gasteiger partial charge < -0.3 is 25.8 Å². The van der Waals surface area contributed by atoms with E-state index in [0.29, 0.717) is 28.4 Å². The molecule has 0 unspecified atom stereocenters. The Balaban J connectivity index is 1.14. The first-order valence-electron chi connectivity index (χ1n) is 17.0. The lowest BCUT2D eigenvalue weighted by atomic mass is 9.74. The first kappa shape index (κ1) is 30.1. The molecule has 3 aliphatic heterocycles. The number of hydrogen-bond donors (Lipinski definition) is 4. The number of nitrogens with zero attached hydrogens (tertiary/aromatic N) is 4. The van der Waals surface area contributed by atoms with Crippen molar-refractivity contribution in [2.24, 2.45) is 5.41 Å². The van der Waals surface area contributed by atoms with E-state index >= 15 is 0 Å². The highest BCUT2D eigenvalue weighted by atomic mass is 16.2. The molecule has 47 heavy (non-hydrogen) atoms. The Morgan fingerprint density at radius 3 is 2.57 bits per heavy atom. The maximum Gasteiger partial charge on any atom is 0.251 e. The van der Waals surface area contributed by atoms with Crippen LogP contribution in [-0.4, -0.2) is 77.0 Å². The van der Waals surface area contributed by atoms with Crippen molar-refractivity contribution in [2.45, 2.75) is 70.4 Å². The summed E-state index contributed by atoms with van der Waals surface area (Å²) in [5, 5.41) is 9.63. The van der Waals surface area contributed by atoms with Gasteiger partial charge in [-0.05, 0) is 99.5 Å². The number of rotatable bonds is 6. The Bertz CT molecular complexity index is 1880. The molecule has 2 amide bonds. The topological polar surface area (TPSA) is 118 Å². The summed E-state index contributed by atoms with van der Waals surface area (Å²) in [6.07, 6.45) is 6.62. The molecule has 1 saturated carbocycles. The predicted molar refractivity (Wildman–Crippen MR) is 185 cm³/mol. The third-order valence-electron chi connectivity index (χ3n) is 11.2. The van der Waals surface area contributed by atoms with Crippen LogP contribution in [-0.2, 0) is 10.2 Å². The maximum absolute atomic E-state index is 14.5. The summed E-state index contributed by atoms with van der Waals surface area (Å²) in [6.45, 7) is 10.7. The number of carbonyl (C=O) groups excluding carboxylic acids is 2. The molecule has 4 aromatic rings. The van der Waals surface area contributed by atoms with Gasteiger partial charge in [-0.3, -0.25) is 14.5 Å². The number of aromatic nitrogens is 3. The smallest absolute Gasteiger partial charge is 0.251 e. The van der Waals surface area contributed by atoms with E-state index in [2.05, 4.69) is 67.8 Å². The van der Waals surface area contributed by atoms with E-state index in [1.807, 2.05) is 31.2 Å². The van der Waals surface area contributed by atoms with Gasteiger partial charge in [0.1, 0.15) is 5.52 Å². The van der Waals surface area contributed by atoms with Crippen LogP contribution in [0.4, 0.5) is 17.2 Å². The average molecular weight is 633 g/mol. The van der Waals surface area contributed by atoms with E-state index < -0.39 is 5.41 Å². The van der Waals surface area contributed by atoms with Gasteiger partial charge in [0.15, 0.2) is 5.82 Å². The quantitative estimate of drug-likeness (QED) is 0.229. The Hall–Kier alpha value is -4.28. The van der Waals surface area contributed by atoms with Gasteiger partial charge in [0.05, 0.1) is 23.0 Å². The number of benzene rings is 2. The van der Waals surface area contributed by atoms with Crippen LogP contribution in [0.25, 0.3) is 22.3 Å². The predicted octanol–water partition coefficient (Wildman–Crippen LogP) is 5.27. The second kappa shape index (κ2) is 11.2. The fourth-order valence-electron chi connectivity index (χ4n) is 8.38. The van der Waals surface area contributed by atoms with E-state index in [4.69, 9.17) is 4.98 Å². The average Bonchev–Trinajstić information content (AvgIpc) is 3.73. The van der Waals surface area contributed by atoms with Gasteiger partial charge in [0.25, 0.3) is 5.91 Å². The second-order valence-corrected chi connectivity index (χ2v) is 14.8. The number of imidazole rings is 1. The molecule has 4 aliphatic rings. The number of hydrogen-bond acceptors (Lipinski definition) is 7. The van der Waals surface area contributed by atoms with Gasteiger partial charge in [-0.25, -0.2) is 9.97 Å². The Morgan fingerprint density at radius 1 is 1.02 bits per heavy atom. The number of nitrogens with one attached hydrogen (secondary N) is 4. The largest absolute Gasteiger partial charge is 0.355 e. The van der Waals surface area contributed by atoms with Crippen LogP contribution >= 0.6 is 0 Å². The third kappa shape index (κ3) is 5.00. The van der Waals surface area contributed by atoms with Crippen LogP contribution in [0.1, 0.15) is 67.4 Å². The molecule has 2 aromatic heterocycles. The van der Waals surface area contributed by atoms with Crippen LogP contribution in [0.15, 0.2) is 48.8 Å². The van der Waals surface area contributed by atoms with E-state index in [9.17, 15) is 9.59 Å². The number of fused-ring (bicyclic) bond motifs is 3. The molecule has 2 aromatic carbocycles. The number of pyridine rings is 1. The van der Waals surface area contributed by atoms with Crippen molar-refractivity contribution >= 4 is 40.0 Å². The van der Waals surface area contributed by atoms with Crippen LogP contribution in [0.3, 0.4) is 0 Å². The summed E-state index contributed by atoms with van der Waals surface area (Å²) in [5.41, 5.74) is 7.70. The van der Waals surface area contributed by atoms with Gasteiger partial charge in [0, 0.05) is 48.2 Å². The number of amides is 2. The van der Waals surface area contributed by atoms with E-state index in [1.54, 1.807) is 13.4 Å². The standard InChI is InChI=1S/C37H44N8O2/c1-22-5-7-24(16-27(22)34(46)38-4)42-33-32-30(40-21-41-32)19-29(43-33)23-6-8-28-31(15-23)45(35(47)37(28)9-12-39-13-10-37)26-17-25(18-26)44-14-11-36(2,3)20-44/h5-8,15-16,19,21,25-26,39H,9-14,17-18,20H2,1-4H3,(H,38,46)(H,40,41)(H,42,43). The molecule has 0 atom stereocenters. The molecular weight excluding hydrogens is 588 g/mol. The summed E-state index contributed by atoms with van der Waals surface area (Å²) < 4.78 is 0. The lowest BCUT2D eigenvalue weighted by Crippen LogP contribution is -2.57. The van der Waals surface area contributed by atoms with Crippen molar-refractivity contribution in [2.75, 3.05) is 43.4 Å². The van der Waals surface area contributed by atoms with Crippen molar-refractivity contribution in [1.82, 2.24) is 30.5 Å². The van der Waals surface area contributed by atoms with Crippen molar-refractivity contribution < 1.29 is 9.59 Å². The summed E-state index contributed by atoms with van der Waals surface area (Å²) in [7, 11) is 1.63. The highest BCUT2D eigenvalue weighted by Crippen LogP contribution is 2.51. The Kier molecular flexibility index (Phi) is 7.14. The Labute approximate surface area is 275 Å². The molecule has 8 rings (SSSR count). The fourth-order valence-corrected chi connectivity index (χ4v) is 8.38. The first-order chi connectivity index (χ1) is 22.7. The van der Waals surface area contributed by atoms with Crippen LogP contribution in [0, 0.1) is 12.3 Å². The monoisotopic (exact) mass is 632 g/mol. The number of aromatic amines is 1. The van der Waals surface area contributed by atoms with Gasteiger partial charge in [0.2, 0.25) is 5.91 Å². The minimum Gasteiger partial charge on any atom is -0.355 e. The highest BCUT2D eigenvalue weighted by molar-refractivity contribution is 6.09. The lowest BCUT2D eigenvalue weighted by Gasteiger charge is -2.46. The van der Waals surface area contributed by atoms with Crippen molar-refractivity contribution in [3.63, 3.8) is 0 Å². The maximum atomic E-state index is 14.5. The number of aryl methyl sites for hydroxylation is 1. The zero-order valence-electron chi connectivity index (χ0n) is 27.7. The van der Waals surface area contributed by atoms with Gasteiger partial charge in [-0.2, -0.15) is 0 Å². The molecule has 0 bridgehead atoms. The van der Waals surface area contributed by atoms with E-state index in [-0.39, 0.29) is 17.9 Å². The highest BCUT2D eigenvalue weighted by Gasteiger charge is 2.55. The zero-order valence-corrected chi connectivity index (χ0v) is 27.7. The summed E-state index contributed by atoms with van der Waals surface area (Å²) in [5.74, 6) is 0.745. The molecule has 3 fully saturated rings. The molecule has 5 heterocycles. The fraction of sp³-hybridized carbons (Fsp3) is 0.459. The van der Waals surface area contributed by atoms with Crippen molar-refractivity contribution in [3.05, 3.63) is 65.5 Å².